The Morgan fingerprint density at radius 3 is 2.91 bits per heavy atom. The molecule has 3 N–H and O–H groups in total. The fraction of sp³-hybridized carbons (Fsp3) is 0.500. The Morgan fingerprint density at radius 2 is 2.45 bits per heavy atom. The third kappa shape index (κ3) is 2.61. The number of rotatable bonds is 3. The molecule has 0 aromatic carbocycles. The summed E-state index contributed by atoms with van der Waals surface area (Å²) in [5.41, 5.74) is 4.55. The summed E-state index contributed by atoms with van der Waals surface area (Å²) in [5, 5.41) is 11.5. The molecule has 62 valence electrons. The summed E-state index contributed by atoms with van der Waals surface area (Å²) in [6, 6.07) is 3.95. The van der Waals surface area contributed by atoms with Crippen molar-refractivity contribution in [1.29, 1.82) is 0 Å². The second-order valence-electron chi connectivity index (χ2n) is 2.71. The maximum atomic E-state index is 9.48. The average Bonchev–Trinajstić information content (AvgIpc) is 2.39. The summed E-state index contributed by atoms with van der Waals surface area (Å²) < 4.78 is 0. The molecule has 0 aliphatic heterocycles. The van der Waals surface area contributed by atoms with Crippen molar-refractivity contribution in [2.24, 2.45) is 5.73 Å². The molecule has 1 heterocycles. The standard InChI is InChI=1S/C8H13NOS/c1-2-8(9,10)6-7-4-3-5-11-7/h3-5,10H,2,6,9H2,1H3/t8-/m0/s1. The molecule has 0 saturated heterocycles. The Kier molecular flexibility index (Phi) is 2.65. The molecule has 1 aromatic heterocycles. The smallest absolute Gasteiger partial charge is 0.118 e. The molecule has 0 unspecified atom stereocenters. The van der Waals surface area contributed by atoms with Gasteiger partial charge in [-0.2, -0.15) is 0 Å². The number of nitrogens with two attached hydrogens (primary N) is 1. The van der Waals surface area contributed by atoms with Crippen LogP contribution in [0.5, 0.6) is 0 Å². The van der Waals surface area contributed by atoms with Crippen LogP contribution in [-0.4, -0.2) is 10.8 Å². The minimum Gasteiger partial charge on any atom is -0.376 e. The highest BCUT2D eigenvalue weighted by molar-refractivity contribution is 7.09. The summed E-state index contributed by atoms with van der Waals surface area (Å²) in [4.78, 5) is 1.14. The molecule has 0 bridgehead atoms. The van der Waals surface area contributed by atoms with Crippen molar-refractivity contribution in [3.63, 3.8) is 0 Å². The average molecular weight is 171 g/mol. The number of hydrogen-bond acceptors (Lipinski definition) is 3. The van der Waals surface area contributed by atoms with Crippen LogP contribution in [0.4, 0.5) is 0 Å². The minimum atomic E-state index is -1.02. The van der Waals surface area contributed by atoms with E-state index in [4.69, 9.17) is 5.73 Å². The van der Waals surface area contributed by atoms with Crippen molar-refractivity contribution >= 4 is 11.3 Å². The molecule has 0 spiro atoms. The molecule has 1 rings (SSSR count). The van der Waals surface area contributed by atoms with Crippen LogP contribution in [0.3, 0.4) is 0 Å². The van der Waals surface area contributed by atoms with E-state index in [1.807, 2.05) is 24.4 Å². The summed E-state index contributed by atoms with van der Waals surface area (Å²) in [6.07, 6.45) is 1.14. The van der Waals surface area contributed by atoms with E-state index in [1.165, 1.54) is 0 Å². The summed E-state index contributed by atoms with van der Waals surface area (Å²) in [6.45, 7) is 1.88. The zero-order chi connectivity index (χ0) is 8.32. The summed E-state index contributed by atoms with van der Waals surface area (Å²) >= 11 is 1.63. The van der Waals surface area contributed by atoms with Gasteiger partial charge < -0.3 is 10.8 Å². The van der Waals surface area contributed by atoms with Crippen LogP contribution in [0.1, 0.15) is 18.2 Å². The second-order valence-corrected chi connectivity index (χ2v) is 3.75. The van der Waals surface area contributed by atoms with Gasteiger partial charge in [0.2, 0.25) is 0 Å². The molecule has 2 nitrogen and oxygen atoms in total. The van der Waals surface area contributed by atoms with Crippen LogP contribution in [-0.2, 0) is 6.42 Å². The first-order chi connectivity index (χ1) is 5.14. The van der Waals surface area contributed by atoms with Crippen LogP contribution in [0.15, 0.2) is 17.5 Å². The predicted molar refractivity (Wildman–Crippen MR) is 47.5 cm³/mol. The normalized spacial score (nSPS) is 16.3. The van der Waals surface area contributed by atoms with Crippen LogP contribution < -0.4 is 5.73 Å². The van der Waals surface area contributed by atoms with Gasteiger partial charge in [0.1, 0.15) is 5.72 Å². The van der Waals surface area contributed by atoms with Crippen molar-refractivity contribution in [3.8, 4) is 0 Å². The number of hydrogen-bond donors (Lipinski definition) is 2. The highest BCUT2D eigenvalue weighted by Gasteiger charge is 2.18. The Balaban J connectivity index is 2.56. The predicted octanol–water partition coefficient (Wildman–Crippen LogP) is 1.35. The van der Waals surface area contributed by atoms with E-state index in [0.717, 1.165) is 4.88 Å². The Morgan fingerprint density at radius 1 is 1.73 bits per heavy atom. The molecule has 0 saturated carbocycles. The first-order valence-corrected chi connectivity index (χ1v) is 4.55. The van der Waals surface area contributed by atoms with Crippen LogP contribution in [0.25, 0.3) is 0 Å². The van der Waals surface area contributed by atoms with Gasteiger partial charge in [-0.3, -0.25) is 0 Å². The Labute approximate surface area is 70.7 Å². The second kappa shape index (κ2) is 3.34. The van der Waals surface area contributed by atoms with Crippen molar-refractivity contribution in [3.05, 3.63) is 22.4 Å². The SMILES string of the molecule is CC[C@](N)(O)Cc1cccs1. The van der Waals surface area contributed by atoms with Crippen molar-refractivity contribution < 1.29 is 5.11 Å². The zero-order valence-electron chi connectivity index (χ0n) is 6.58. The quantitative estimate of drug-likeness (QED) is 0.674. The lowest BCUT2D eigenvalue weighted by Crippen LogP contribution is -2.40. The fourth-order valence-electron chi connectivity index (χ4n) is 0.840. The molecule has 3 heteroatoms. The molecular formula is C8H13NOS. The van der Waals surface area contributed by atoms with Crippen LogP contribution >= 0.6 is 11.3 Å². The maximum absolute atomic E-state index is 9.48. The zero-order valence-corrected chi connectivity index (χ0v) is 7.40. The van der Waals surface area contributed by atoms with Crippen molar-refractivity contribution in [2.75, 3.05) is 0 Å². The Hall–Kier alpha value is -0.380. The van der Waals surface area contributed by atoms with Gasteiger partial charge in [-0.1, -0.05) is 13.0 Å². The van der Waals surface area contributed by atoms with Gasteiger partial charge in [-0.25, -0.2) is 0 Å². The molecule has 0 radical (unpaired) electrons. The molecule has 0 aliphatic rings. The van der Waals surface area contributed by atoms with E-state index in [2.05, 4.69) is 0 Å². The number of aliphatic hydroxyl groups is 1. The number of thiophene rings is 1. The van der Waals surface area contributed by atoms with Gasteiger partial charge >= 0.3 is 0 Å². The maximum Gasteiger partial charge on any atom is 0.118 e. The summed E-state index contributed by atoms with van der Waals surface area (Å²) in [7, 11) is 0. The highest BCUT2D eigenvalue weighted by Crippen LogP contribution is 2.16. The van der Waals surface area contributed by atoms with Crippen LogP contribution in [0, 0.1) is 0 Å². The van der Waals surface area contributed by atoms with Gasteiger partial charge in [0, 0.05) is 11.3 Å². The molecule has 1 atom stereocenters. The lowest BCUT2D eigenvalue weighted by Gasteiger charge is -2.19. The van der Waals surface area contributed by atoms with E-state index in [0.29, 0.717) is 12.8 Å². The first kappa shape index (κ1) is 8.71. The third-order valence-electron chi connectivity index (χ3n) is 1.67. The Bertz CT molecular complexity index is 206. The van der Waals surface area contributed by atoms with E-state index in [-0.39, 0.29) is 0 Å². The third-order valence-corrected chi connectivity index (χ3v) is 2.55. The molecular weight excluding hydrogens is 158 g/mol. The monoisotopic (exact) mass is 171 g/mol. The molecule has 0 fully saturated rings. The molecule has 11 heavy (non-hydrogen) atoms. The van der Waals surface area contributed by atoms with Gasteiger partial charge in [0.05, 0.1) is 0 Å². The van der Waals surface area contributed by atoms with E-state index in [1.54, 1.807) is 11.3 Å². The molecule has 0 aliphatic carbocycles. The fourth-order valence-corrected chi connectivity index (χ4v) is 1.66. The highest BCUT2D eigenvalue weighted by atomic mass is 32.1. The van der Waals surface area contributed by atoms with E-state index >= 15 is 0 Å². The van der Waals surface area contributed by atoms with Gasteiger partial charge in [-0.15, -0.1) is 11.3 Å². The molecule has 1 aromatic rings. The van der Waals surface area contributed by atoms with E-state index in [9.17, 15) is 5.11 Å². The first-order valence-electron chi connectivity index (χ1n) is 3.68. The van der Waals surface area contributed by atoms with Gasteiger partial charge in [0.15, 0.2) is 0 Å². The largest absolute Gasteiger partial charge is 0.376 e. The van der Waals surface area contributed by atoms with Crippen LogP contribution in [0.2, 0.25) is 0 Å². The van der Waals surface area contributed by atoms with Gasteiger partial charge in [0.25, 0.3) is 0 Å². The van der Waals surface area contributed by atoms with Crippen molar-refractivity contribution in [2.45, 2.75) is 25.5 Å². The van der Waals surface area contributed by atoms with Crippen molar-refractivity contribution in [1.82, 2.24) is 0 Å². The van der Waals surface area contributed by atoms with E-state index < -0.39 is 5.72 Å². The minimum absolute atomic E-state index is 0.557. The lowest BCUT2D eigenvalue weighted by molar-refractivity contribution is 0.0442. The lowest BCUT2D eigenvalue weighted by atomic mass is 10.1. The molecule has 0 amide bonds. The summed E-state index contributed by atoms with van der Waals surface area (Å²) in [5.74, 6) is 0. The van der Waals surface area contributed by atoms with Gasteiger partial charge in [-0.05, 0) is 17.9 Å². The topological polar surface area (TPSA) is 46.2 Å².